The fourth-order valence-corrected chi connectivity index (χ4v) is 5.25. The van der Waals surface area contributed by atoms with Gasteiger partial charge in [0.2, 0.25) is 20.7 Å². The third-order valence-corrected chi connectivity index (χ3v) is 7.33. The van der Waals surface area contributed by atoms with Crippen molar-refractivity contribution in [2.24, 2.45) is 0 Å². The molecule has 0 radical (unpaired) electrons. The molecule has 5 rings (SSSR count). The van der Waals surface area contributed by atoms with E-state index < -0.39 is 15.7 Å². The van der Waals surface area contributed by atoms with Crippen LogP contribution in [0.1, 0.15) is 0 Å². The molecule has 2 aromatic heterocycles. The highest BCUT2D eigenvalue weighted by molar-refractivity contribution is 7.91. The highest BCUT2D eigenvalue weighted by atomic mass is 35.5. The Morgan fingerprint density at radius 1 is 0.939 bits per heavy atom. The summed E-state index contributed by atoms with van der Waals surface area (Å²) in [6.45, 7) is 2.27. The van der Waals surface area contributed by atoms with E-state index in [1.54, 1.807) is 12.1 Å². The molecule has 2 aromatic carbocycles. The van der Waals surface area contributed by atoms with Gasteiger partial charge in [-0.25, -0.2) is 12.8 Å². The van der Waals surface area contributed by atoms with E-state index in [0.29, 0.717) is 37.0 Å². The highest BCUT2D eigenvalue weighted by Gasteiger charge is 2.33. The molecule has 0 amide bonds. The molecule has 1 aliphatic heterocycles. The predicted molar refractivity (Wildman–Crippen MR) is 122 cm³/mol. The summed E-state index contributed by atoms with van der Waals surface area (Å²) < 4.78 is 51.4. The number of oxazole rings is 1. The Hall–Kier alpha value is -3.30. The van der Waals surface area contributed by atoms with E-state index in [1.807, 2.05) is 29.2 Å². The minimum atomic E-state index is -4.06. The highest BCUT2D eigenvalue weighted by Crippen LogP contribution is 2.35. The van der Waals surface area contributed by atoms with Crippen molar-refractivity contribution in [1.29, 1.82) is 0 Å². The smallest absolute Gasteiger partial charge is 0.266 e. The summed E-state index contributed by atoms with van der Waals surface area (Å²) in [5.74, 6) is -0.0125. The van der Waals surface area contributed by atoms with Gasteiger partial charge in [-0.1, -0.05) is 17.7 Å². The van der Waals surface area contributed by atoms with Crippen LogP contribution >= 0.6 is 11.6 Å². The summed E-state index contributed by atoms with van der Waals surface area (Å²) in [6, 6.07) is 15.5. The second-order valence-electron chi connectivity index (χ2n) is 7.52. The first-order valence-corrected chi connectivity index (χ1v) is 12.1. The maximum atomic E-state index is 13.4. The van der Waals surface area contributed by atoms with Crippen LogP contribution in [0.3, 0.4) is 0 Å². The number of nitrogens with zero attached hydrogens (tertiary/aromatic N) is 3. The first-order chi connectivity index (χ1) is 15.9. The zero-order valence-corrected chi connectivity index (χ0v) is 18.9. The molecule has 0 N–H and O–H groups in total. The number of benzene rings is 2. The van der Waals surface area contributed by atoms with Gasteiger partial charge in [0.25, 0.3) is 5.89 Å². The summed E-state index contributed by atoms with van der Waals surface area (Å²) in [5.41, 5.74) is 0.996. The minimum absolute atomic E-state index is 0.0629. The van der Waals surface area contributed by atoms with Crippen LogP contribution in [0.25, 0.3) is 11.7 Å². The molecule has 0 saturated carbocycles. The summed E-state index contributed by atoms with van der Waals surface area (Å²) in [7, 11) is -4.06. The van der Waals surface area contributed by atoms with Crippen molar-refractivity contribution in [2.75, 3.05) is 36.0 Å². The van der Waals surface area contributed by atoms with E-state index in [1.165, 1.54) is 18.4 Å². The molecular weight excluding hydrogens is 469 g/mol. The summed E-state index contributed by atoms with van der Waals surface area (Å²) in [4.78, 5) is 8.22. The molecule has 170 valence electrons. The van der Waals surface area contributed by atoms with Crippen LogP contribution in [0.4, 0.5) is 16.0 Å². The number of sulfone groups is 1. The first-order valence-electron chi connectivity index (χ1n) is 10.2. The maximum Gasteiger partial charge on any atom is 0.266 e. The summed E-state index contributed by atoms with van der Waals surface area (Å²) in [6.07, 6.45) is 1.46. The van der Waals surface area contributed by atoms with Crippen molar-refractivity contribution >= 4 is 33.0 Å². The molecule has 0 spiro atoms. The Balaban J connectivity index is 1.49. The van der Waals surface area contributed by atoms with Crippen LogP contribution in [-0.2, 0) is 9.84 Å². The molecule has 1 saturated heterocycles. The summed E-state index contributed by atoms with van der Waals surface area (Å²) >= 11 is 6.12. The van der Waals surface area contributed by atoms with Gasteiger partial charge >= 0.3 is 0 Å². The Morgan fingerprint density at radius 2 is 1.67 bits per heavy atom. The van der Waals surface area contributed by atoms with Crippen LogP contribution in [0.15, 0.2) is 85.7 Å². The number of hydrogen-bond acceptors (Lipinski definition) is 7. The number of hydrogen-bond donors (Lipinski definition) is 0. The zero-order valence-electron chi connectivity index (χ0n) is 17.3. The molecule has 33 heavy (non-hydrogen) atoms. The Kier molecular flexibility index (Phi) is 5.59. The van der Waals surface area contributed by atoms with Gasteiger partial charge in [0.05, 0.1) is 11.2 Å². The lowest BCUT2D eigenvalue weighted by molar-refractivity contribution is 0.498. The van der Waals surface area contributed by atoms with E-state index in [2.05, 4.69) is 9.88 Å². The topological polar surface area (TPSA) is 79.8 Å². The lowest BCUT2D eigenvalue weighted by atomic mass is 10.2. The summed E-state index contributed by atoms with van der Waals surface area (Å²) in [5, 5.41) is 0.428. The SMILES string of the molecule is O=S(=O)(c1ccc(F)cc1)c1nc(-c2ccco2)oc1N1CCN(c2cccc(Cl)c2)CC1. The van der Waals surface area contributed by atoms with E-state index in [0.717, 1.165) is 17.8 Å². The number of halogens is 2. The second-order valence-corrected chi connectivity index (χ2v) is 9.82. The fraction of sp³-hybridized carbons (Fsp3) is 0.174. The van der Waals surface area contributed by atoms with E-state index in [9.17, 15) is 12.8 Å². The van der Waals surface area contributed by atoms with Gasteiger partial charge in [0.15, 0.2) is 5.76 Å². The molecule has 1 aliphatic rings. The van der Waals surface area contributed by atoms with Crippen molar-refractivity contribution < 1.29 is 21.6 Å². The van der Waals surface area contributed by atoms with Gasteiger partial charge in [0, 0.05) is 36.9 Å². The van der Waals surface area contributed by atoms with Crippen molar-refractivity contribution in [3.8, 4) is 11.7 Å². The van der Waals surface area contributed by atoms with Crippen LogP contribution in [-0.4, -0.2) is 39.6 Å². The Bertz CT molecular complexity index is 1360. The minimum Gasteiger partial charge on any atom is -0.459 e. The third kappa shape index (κ3) is 4.21. The second kappa shape index (κ2) is 8.57. The van der Waals surface area contributed by atoms with Gasteiger partial charge in [0.1, 0.15) is 5.82 Å². The molecule has 4 aromatic rings. The van der Waals surface area contributed by atoms with E-state index >= 15 is 0 Å². The molecule has 10 heteroatoms. The molecule has 0 atom stereocenters. The van der Waals surface area contributed by atoms with Crippen LogP contribution in [0.2, 0.25) is 5.02 Å². The lowest BCUT2D eigenvalue weighted by Gasteiger charge is -2.36. The Morgan fingerprint density at radius 3 is 2.33 bits per heavy atom. The maximum absolute atomic E-state index is 13.4. The molecular formula is C23H19ClFN3O4S. The Labute approximate surface area is 194 Å². The van der Waals surface area contributed by atoms with Crippen molar-refractivity contribution in [3.63, 3.8) is 0 Å². The van der Waals surface area contributed by atoms with Crippen LogP contribution in [0.5, 0.6) is 0 Å². The van der Waals surface area contributed by atoms with Crippen molar-refractivity contribution in [1.82, 2.24) is 4.98 Å². The molecule has 0 aliphatic carbocycles. The van der Waals surface area contributed by atoms with Gasteiger partial charge in [-0.05, 0) is 54.6 Å². The molecule has 0 bridgehead atoms. The first kappa shape index (κ1) is 21.5. The monoisotopic (exact) mass is 487 g/mol. The van der Waals surface area contributed by atoms with E-state index in [4.69, 9.17) is 20.4 Å². The molecule has 1 fully saturated rings. The van der Waals surface area contributed by atoms with Gasteiger partial charge < -0.3 is 18.6 Å². The number of aromatic nitrogens is 1. The van der Waals surface area contributed by atoms with Gasteiger partial charge in [-0.2, -0.15) is 4.98 Å². The number of rotatable bonds is 5. The van der Waals surface area contributed by atoms with Gasteiger partial charge in [-0.3, -0.25) is 0 Å². The quantitative estimate of drug-likeness (QED) is 0.371. The van der Waals surface area contributed by atoms with Crippen molar-refractivity contribution in [3.05, 3.63) is 77.8 Å². The van der Waals surface area contributed by atoms with Crippen LogP contribution < -0.4 is 9.80 Å². The fourth-order valence-electron chi connectivity index (χ4n) is 3.74. The van der Waals surface area contributed by atoms with Crippen molar-refractivity contribution in [2.45, 2.75) is 9.92 Å². The lowest BCUT2D eigenvalue weighted by Crippen LogP contribution is -2.46. The average molecular weight is 488 g/mol. The zero-order chi connectivity index (χ0) is 23.0. The third-order valence-electron chi connectivity index (χ3n) is 5.43. The van der Waals surface area contributed by atoms with Gasteiger partial charge in [-0.15, -0.1) is 0 Å². The molecule has 7 nitrogen and oxygen atoms in total. The van der Waals surface area contributed by atoms with Crippen LogP contribution in [0, 0.1) is 5.82 Å². The molecule has 0 unspecified atom stereocenters. The molecule has 3 heterocycles. The normalized spacial score (nSPS) is 14.6. The van der Waals surface area contributed by atoms with E-state index in [-0.39, 0.29) is 21.7 Å². The standard InChI is InChI=1S/C23H19ClFN3O4S/c24-16-3-1-4-18(15-16)27-10-12-28(13-11-27)23-22(26-21(32-23)20-5-2-14-31-20)33(29,30)19-8-6-17(25)7-9-19/h1-9,14-15H,10-13H2. The predicted octanol–water partition coefficient (Wildman–Crippen LogP) is 4.89. The average Bonchev–Trinajstić information content (AvgIpc) is 3.50. The number of piperazine rings is 1. The largest absolute Gasteiger partial charge is 0.459 e. The number of furan rings is 1. The number of anilines is 2.